The number of rotatable bonds is 3. The second kappa shape index (κ2) is 4.93. The Morgan fingerprint density at radius 2 is 2.29 bits per heavy atom. The number of nitrogens with zero attached hydrogens (tertiary/aromatic N) is 3. The van der Waals surface area contributed by atoms with Crippen molar-refractivity contribution in [3.8, 4) is 5.75 Å². The van der Waals surface area contributed by atoms with Crippen LogP contribution in [0, 0.1) is 0 Å². The monoisotopic (exact) mass is 316 g/mol. The normalized spacial score (nSPS) is 10.5. The zero-order valence-electron chi connectivity index (χ0n) is 9.02. The Balaban J connectivity index is 2.14. The van der Waals surface area contributed by atoms with Crippen LogP contribution in [-0.2, 0) is 13.7 Å². The van der Waals surface area contributed by atoms with Crippen molar-refractivity contribution in [3.63, 3.8) is 0 Å². The Morgan fingerprint density at radius 3 is 2.88 bits per heavy atom. The minimum Gasteiger partial charge on any atom is -0.484 e. The van der Waals surface area contributed by atoms with E-state index < -0.39 is 0 Å². The molecule has 0 amide bonds. The summed E-state index contributed by atoms with van der Waals surface area (Å²) in [5.74, 6) is 0.556. The summed E-state index contributed by atoms with van der Waals surface area (Å²) in [4.78, 5) is 0. The van der Waals surface area contributed by atoms with Crippen LogP contribution in [0.1, 0.15) is 5.69 Å². The second-order valence-corrected chi connectivity index (χ2v) is 4.77. The minimum atomic E-state index is 0.304. The van der Waals surface area contributed by atoms with Gasteiger partial charge >= 0.3 is 0 Å². The van der Waals surface area contributed by atoms with E-state index in [1.54, 1.807) is 30.1 Å². The molecule has 2 rings (SSSR count). The fraction of sp³-hybridized carbons (Fsp3) is 0.200. The highest BCUT2D eigenvalue weighted by atomic mass is 79.9. The van der Waals surface area contributed by atoms with E-state index in [9.17, 15) is 0 Å². The molecule has 5 nitrogen and oxygen atoms in total. The van der Waals surface area contributed by atoms with Gasteiger partial charge in [0.05, 0.1) is 16.4 Å². The van der Waals surface area contributed by atoms with E-state index in [4.69, 9.17) is 22.1 Å². The molecule has 1 aromatic heterocycles. The van der Waals surface area contributed by atoms with Gasteiger partial charge in [0.2, 0.25) is 0 Å². The van der Waals surface area contributed by atoms with Crippen LogP contribution in [0.4, 0.5) is 5.69 Å². The summed E-state index contributed by atoms with van der Waals surface area (Å²) in [5.41, 5.74) is 7.02. The first-order valence-corrected chi connectivity index (χ1v) is 5.96. The number of nitrogens with two attached hydrogens (primary N) is 1. The van der Waals surface area contributed by atoms with Crippen LogP contribution < -0.4 is 10.5 Å². The molecule has 0 bridgehead atoms. The maximum absolute atomic E-state index is 5.85. The Labute approximate surface area is 112 Å². The van der Waals surface area contributed by atoms with Gasteiger partial charge in [-0.25, -0.2) is 0 Å². The van der Waals surface area contributed by atoms with Gasteiger partial charge in [0.1, 0.15) is 12.3 Å². The first-order valence-electron chi connectivity index (χ1n) is 4.79. The van der Waals surface area contributed by atoms with E-state index in [2.05, 4.69) is 26.2 Å². The summed E-state index contributed by atoms with van der Waals surface area (Å²) < 4.78 is 7.90. The number of hydrogen-bond donors (Lipinski definition) is 1. The van der Waals surface area contributed by atoms with Gasteiger partial charge in [0.25, 0.3) is 0 Å². The molecule has 2 aromatic rings. The van der Waals surface area contributed by atoms with Gasteiger partial charge in [-0.2, -0.15) is 0 Å². The molecule has 90 valence electrons. The molecule has 0 aliphatic heterocycles. The van der Waals surface area contributed by atoms with Crippen LogP contribution in [0.3, 0.4) is 0 Å². The summed E-state index contributed by atoms with van der Waals surface area (Å²) in [6, 6.07) is 3.36. The third-order valence-electron chi connectivity index (χ3n) is 2.05. The predicted octanol–water partition coefficient (Wildman–Crippen LogP) is 2.39. The molecule has 0 saturated carbocycles. The molecule has 1 heterocycles. The van der Waals surface area contributed by atoms with Crippen LogP contribution in [0.25, 0.3) is 0 Å². The number of ether oxygens (including phenoxy) is 1. The summed E-state index contributed by atoms with van der Waals surface area (Å²) in [5, 5.41) is 8.28. The molecule has 0 radical (unpaired) electrons. The largest absolute Gasteiger partial charge is 0.484 e. The maximum atomic E-state index is 5.85. The number of benzene rings is 1. The topological polar surface area (TPSA) is 66.0 Å². The van der Waals surface area contributed by atoms with Gasteiger partial charge < -0.3 is 10.5 Å². The van der Waals surface area contributed by atoms with Gasteiger partial charge in [0, 0.05) is 12.1 Å². The first kappa shape index (κ1) is 12.2. The zero-order chi connectivity index (χ0) is 12.4. The standard InChI is InChI=1S/C10H10BrClN4O/c1-16-4-7(14-15-16)5-17-10-8(11)2-6(12)3-9(10)13/h2-4H,5,13H2,1H3. The number of hydrogen-bond acceptors (Lipinski definition) is 4. The SMILES string of the molecule is Cn1cc(COc2c(N)cc(Cl)cc2Br)nn1. The summed E-state index contributed by atoms with van der Waals surface area (Å²) in [6.07, 6.45) is 1.78. The average molecular weight is 318 g/mol. The fourth-order valence-electron chi connectivity index (χ4n) is 1.34. The molecule has 17 heavy (non-hydrogen) atoms. The Morgan fingerprint density at radius 1 is 1.53 bits per heavy atom. The third-order valence-corrected chi connectivity index (χ3v) is 2.86. The molecule has 0 atom stereocenters. The van der Waals surface area contributed by atoms with Crippen molar-refractivity contribution in [3.05, 3.63) is 33.5 Å². The van der Waals surface area contributed by atoms with Gasteiger partial charge in [0.15, 0.2) is 5.75 Å². The summed E-state index contributed by atoms with van der Waals surface area (Å²) in [7, 11) is 1.79. The van der Waals surface area contributed by atoms with Crippen molar-refractivity contribution in [2.75, 3.05) is 5.73 Å². The maximum Gasteiger partial charge on any atom is 0.157 e. The average Bonchev–Trinajstić information content (AvgIpc) is 2.62. The number of anilines is 1. The fourth-order valence-corrected chi connectivity index (χ4v) is 2.29. The number of nitrogen functional groups attached to an aromatic ring is 1. The van der Waals surface area contributed by atoms with Crippen molar-refractivity contribution in [1.29, 1.82) is 0 Å². The summed E-state index contributed by atoms with van der Waals surface area (Å²) in [6.45, 7) is 0.304. The van der Waals surface area contributed by atoms with Crippen LogP contribution in [0.2, 0.25) is 5.02 Å². The van der Waals surface area contributed by atoms with Crippen LogP contribution in [-0.4, -0.2) is 15.0 Å². The van der Waals surface area contributed by atoms with Gasteiger partial charge in [-0.15, -0.1) is 5.10 Å². The van der Waals surface area contributed by atoms with Crippen molar-refractivity contribution in [2.24, 2.45) is 7.05 Å². The van der Waals surface area contributed by atoms with Gasteiger partial charge in [-0.1, -0.05) is 16.8 Å². The van der Waals surface area contributed by atoms with E-state index in [1.807, 2.05) is 0 Å². The molecule has 0 aliphatic carbocycles. The zero-order valence-corrected chi connectivity index (χ0v) is 11.4. The number of halogens is 2. The molecule has 1 aromatic carbocycles. The van der Waals surface area contributed by atoms with Crippen molar-refractivity contribution in [1.82, 2.24) is 15.0 Å². The van der Waals surface area contributed by atoms with E-state index in [0.717, 1.165) is 5.69 Å². The lowest BCUT2D eigenvalue weighted by atomic mass is 10.3. The van der Waals surface area contributed by atoms with E-state index in [0.29, 0.717) is 27.5 Å². The van der Waals surface area contributed by atoms with Crippen LogP contribution >= 0.6 is 27.5 Å². The van der Waals surface area contributed by atoms with Gasteiger partial charge in [-0.3, -0.25) is 4.68 Å². The molecule has 7 heteroatoms. The minimum absolute atomic E-state index is 0.304. The molecule has 0 spiro atoms. The first-order chi connectivity index (χ1) is 8.06. The lowest BCUT2D eigenvalue weighted by Gasteiger charge is -2.09. The smallest absolute Gasteiger partial charge is 0.157 e. The lowest BCUT2D eigenvalue weighted by molar-refractivity contribution is 0.301. The molecule has 2 N–H and O–H groups in total. The molecular weight excluding hydrogens is 307 g/mol. The predicted molar refractivity (Wildman–Crippen MR) is 68.9 cm³/mol. The lowest BCUT2D eigenvalue weighted by Crippen LogP contribution is -2.00. The van der Waals surface area contributed by atoms with Crippen molar-refractivity contribution in [2.45, 2.75) is 6.61 Å². The Kier molecular flexibility index (Phi) is 3.54. The Hall–Kier alpha value is -1.27. The molecule has 0 fully saturated rings. The number of aryl methyl sites for hydroxylation is 1. The van der Waals surface area contributed by atoms with Crippen LogP contribution in [0.5, 0.6) is 5.75 Å². The molecular formula is C10H10BrClN4O. The summed E-state index contributed by atoms with van der Waals surface area (Å²) >= 11 is 9.20. The molecule has 0 saturated heterocycles. The molecule has 0 unspecified atom stereocenters. The van der Waals surface area contributed by atoms with E-state index in [-0.39, 0.29) is 0 Å². The van der Waals surface area contributed by atoms with Crippen molar-refractivity contribution < 1.29 is 4.74 Å². The quantitative estimate of drug-likeness (QED) is 0.883. The second-order valence-electron chi connectivity index (χ2n) is 3.48. The third kappa shape index (κ3) is 2.89. The Bertz CT molecular complexity index is 520. The highest BCUT2D eigenvalue weighted by Gasteiger charge is 2.09. The highest BCUT2D eigenvalue weighted by molar-refractivity contribution is 9.10. The number of aromatic nitrogens is 3. The van der Waals surface area contributed by atoms with Crippen molar-refractivity contribution >= 4 is 33.2 Å². The van der Waals surface area contributed by atoms with E-state index in [1.165, 1.54) is 0 Å². The van der Waals surface area contributed by atoms with Crippen LogP contribution in [0.15, 0.2) is 22.8 Å². The van der Waals surface area contributed by atoms with E-state index >= 15 is 0 Å². The molecule has 0 aliphatic rings. The highest BCUT2D eigenvalue weighted by Crippen LogP contribution is 2.34. The van der Waals surface area contributed by atoms with Gasteiger partial charge in [-0.05, 0) is 28.1 Å².